The Morgan fingerprint density at radius 1 is 1.19 bits per heavy atom. The molecule has 0 saturated carbocycles. The number of aryl methyl sites for hydroxylation is 4. The topological polar surface area (TPSA) is 101 Å². The van der Waals surface area contributed by atoms with Gasteiger partial charge in [0.25, 0.3) is 0 Å². The Kier molecular flexibility index (Phi) is 5.81. The first-order chi connectivity index (χ1) is 14.8. The Morgan fingerprint density at radius 2 is 2.00 bits per heavy atom. The number of pyridine rings is 2. The van der Waals surface area contributed by atoms with E-state index in [0.717, 1.165) is 41.3 Å². The Bertz CT molecular complexity index is 1190. The summed E-state index contributed by atoms with van der Waals surface area (Å²) >= 11 is 0. The second kappa shape index (κ2) is 8.39. The van der Waals surface area contributed by atoms with Crippen molar-refractivity contribution in [1.29, 1.82) is 0 Å². The molecular weight excluding hydrogens is 414 g/mol. The molecular formula is C22H27N5O3S. The number of hydrogen-bond donors (Lipinski definition) is 1. The standard InChI is InChI=1S/C22H27N5O3S/c1-14-7-5-9-23-22(14)25-19-11-15(2)24-20(12-19)18-8-6-10-27(13-18)31(28,29)21-16(3)26-30-17(21)4/h5,7,9,11-12,18H,6,8,10,13H2,1-4H3,(H,23,24,25)/t18-/m0/s1. The number of nitrogens with one attached hydrogen (secondary N) is 1. The zero-order chi connectivity index (χ0) is 22.2. The van der Waals surface area contributed by atoms with Crippen LogP contribution in [0.2, 0.25) is 0 Å². The SMILES string of the molecule is Cc1cc(Nc2ncccc2C)cc([C@H]2CCCN(S(=O)(=O)c3c(C)noc3C)C2)n1. The van der Waals surface area contributed by atoms with E-state index in [1.54, 1.807) is 20.0 Å². The molecule has 0 radical (unpaired) electrons. The summed E-state index contributed by atoms with van der Waals surface area (Å²) in [6.07, 6.45) is 3.40. The Morgan fingerprint density at radius 3 is 2.71 bits per heavy atom. The van der Waals surface area contributed by atoms with Gasteiger partial charge in [-0.3, -0.25) is 4.98 Å². The van der Waals surface area contributed by atoms with Crippen LogP contribution in [0.3, 0.4) is 0 Å². The minimum absolute atomic E-state index is 0.00859. The molecule has 9 heteroatoms. The average molecular weight is 442 g/mol. The molecule has 1 atom stereocenters. The van der Waals surface area contributed by atoms with E-state index in [1.165, 1.54) is 4.31 Å². The van der Waals surface area contributed by atoms with Gasteiger partial charge in [0.1, 0.15) is 16.4 Å². The Labute approximate surface area is 182 Å². The van der Waals surface area contributed by atoms with Crippen LogP contribution in [-0.4, -0.2) is 40.9 Å². The van der Waals surface area contributed by atoms with E-state index in [2.05, 4.69) is 15.5 Å². The van der Waals surface area contributed by atoms with Crippen LogP contribution in [-0.2, 0) is 10.0 Å². The number of anilines is 2. The highest BCUT2D eigenvalue weighted by Gasteiger charge is 2.35. The van der Waals surface area contributed by atoms with E-state index in [0.29, 0.717) is 24.5 Å². The highest BCUT2D eigenvalue weighted by Crippen LogP contribution is 2.33. The molecule has 0 aromatic carbocycles. The first kappa shape index (κ1) is 21.5. The van der Waals surface area contributed by atoms with Crippen molar-refractivity contribution in [1.82, 2.24) is 19.4 Å². The number of rotatable bonds is 5. The molecule has 1 aliphatic rings. The van der Waals surface area contributed by atoms with Crippen LogP contribution in [0, 0.1) is 27.7 Å². The summed E-state index contributed by atoms with van der Waals surface area (Å²) in [4.78, 5) is 9.30. The van der Waals surface area contributed by atoms with E-state index >= 15 is 0 Å². The van der Waals surface area contributed by atoms with Gasteiger partial charge < -0.3 is 9.84 Å². The van der Waals surface area contributed by atoms with Crippen LogP contribution in [0.5, 0.6) is 0 Å². The monoisotopic (exact) mass is 441 g/mol. The molecule has 0 spiro atoms. The van der Waals surface area contributed by atoms with Gasteiger partial charge in [-0.1, -0.05) is 11.2 Å². The molecule has 3 aromatic heterocycles. The number of aromatic nitrogens is 3. The molecule has 1 fully saturated rings. The maximum absolute atomic E-state index is 13.3. The van der Waals surface area contributed by atoms with Crippen molar-refractivity contribution in [3.8, 4) is 0 Å². The molecule has 1 N–H and O–H groups in total. The molecule has 3 aromatic rings. The lowest BCUT2D eigenvalue weighted by molar-refractivity contribution is 0.312. The lowest BCUT2D eigenvalue weighted by atomic mass is 9.95. The second-order valence-electron chi connectivity index (χ2n) is 8.07. The van der Waals surface area contributed by atoms with Gasteiger partial charge in [0.2, 0.25) is 10.0 Å². The quantitative estimate of drug-likeness (QED) is 0.638. The van der Waals surface area contributed by atoms with Crippen molar-refractivity contribution >= 4 is 21.5 Å². The number of hydrogen-bond acceptors (Lipinski definition) is 7. The highest BCUT2D eigenvalue weighted by molar-refractivity contribution is 7.89. The minimum atomic E-state index is -3.67. The lowest BCUT2D eigenvalue weighted by Crippen LogP contribution is -2.39. The number of nitrogens with zero attached hydrogens (tertiary/aromatic N) is 4. The third kappa shape index (κ3) is 4.33. The van der Waals surface area contributed by atoms with Crippen LogP contribution in [0.1, 0.15) is 47.2 Å². The molecule has 0 unspecified atom stereocenters. The van der Waals surface area contributed by atoms with Gasteiger partial charge in [-0.05, 0) is 64.3 Å². The molecule has 4 heterocycles. The maximum Gasteiger partial charge on any atom is 0.248 e. The molecule has 8 nitrogen and oxygen atoms in total. The Balaban J connectivity index is 1.60. The van der Waals surface area contributed by atoms with Crippen LogP contribution in [0.15, 0.2) is 39.9 Å². The van der Waals surface area contributed by atoms with Gasteiger partial charge in [0, 0.05) is 42.3 Å². The maximum atomic E-state index is 13.3. The summed E-state index contributed by atoms with van der Waals surface area (Å²) in [6.45, 7) is 8.10. The van der Waals surface area contributed by atoms with E-state index < -0.39 is 10.0 Å². The first-order valence-electron chi connectivity index (χ1n) is 10.4. The summed E-state index contributed by atoms with van der Waals surface area (Å²) < 4.78 is 33.2. The fourth-order valence-corrected chi connectivity index (χ4v) is 5.92. The van der Waals surface area contributed by atoms with E-state index in [9.17, 15) is 8.42 Å². The Hall–Kier alpha value is -2.78. The molecule has 4 rings (SSSR count). The van der Waals surface area contributed by atoms with E-state index in [-0.39, 0.29) is 10.8 Å². The summed E-state index contributed by atoms with van der Waals surface area (Å²) in [6, 6.07) is 7.87. The predicted octanol–water partition coefficient (Wildman–Crippen LogP) is 4.01. The van der Waals surface area contributed by atoms with Crippen molar-refractivity contribution < 1.29 is 12.9 Å². The number of sulfonamides is 1. The van der Waals surface area contributed by atoms with Crippen LogP contribution in [0.25, 0.3) is 0 Å². The van der Waals surface area contributed by atoms with Gasteiger partial charge in [-0.2, -0.15) is 4.31 Å². The van der Waals surface area contributed by atoms with Crippen molar-refractivity contribution in [2.45, 2.75) is 51.3 Å². The largest absolute Gasteiger partial charge is 0.360 e. The minimum Gasteiger partial charge on any atom is -0.360 e. The molecule has 164 valence electrons. The van der Waals surface area contributed by atoms with Crippen LogP contribution < -0.4 is 5.32 Å². The summed E-state index contributed by atoms with van der Waals surface area (Å²) in [7, 11) is -3.67. The third-order valence-corrected chi connectivity index (χ3v) is 7.72. The molecule has 0 aliphatic carbocycles. The van der Waals surface area contributed by atoms with Crippen LogP contribution >= 0.6 is 0 Å². The summed E-state index contributed by atoms with van der Waals surface area (Å²) in [5.41, 5.74) is 4.10. The first-order valence-corrected chi connectivity index (χ1v) is 11.8. The fraction of sp³-hybridized carbons (Fsp3) is 0.409. The van der Waals surface area contributed by atoms with Crippen LogP contribution in [0.4, 0.5) is 11.5 Å². The van der Waals surface area contributed by atoms with E-state index in [4.69, 9.17) is 9.51 Å². The molecule has 1 saturated heterocycles. The van der Waals surface area contributed by atoms with Gasteiger partial charge in [-0.15, -0.1) is 0 Å². The van der Waals surface area contributed by atoms with Gasteiger partial charge in [0.05, 0.1) is 0 Å². The van der Waals surface area contributed by atoms with Crippen molar-refractivity contribution in [2.75, 3.05) is 18.4 Å². The highest BCUT2D eigenvalue weighted by atomic mass is 32.2. The van der Waals surface area contributed by atoms with Crippen molar-refractivity contribution in [3.05, 3.63) is 58.9 Å². The van der Waals surface area contributed by atoms with Gasteiger partial charge in [-0.25, -0.2) is 13.4 Å². The second-order valence-corrected chi connectivity index (χ2v) is 9.95. The molecule has 31 heavy (non-hydrogen) atoms. The summed E-state index contributed by atoms with van der Waals surface area (Å²) in [5, 5.41) is 7.18. The predicted molar refractivity (Wildman–Crippen MR) is 118 cm³/mol. The van der Waals surface area contributed by atoms with Crippen molar-refractivity contribution in [3.63, 3.8) is 0 Å². The fourth-order valence-electron chi connectivity index (χ4n) is 4.10. The molecule has 0 bridgehead atoms. The molecule has 0 amide bonds. The number of piperidine rings is 1. The third-order valence-electron chi connectivity index (χ3n) is 5.61. The van der Waals surface area contributed by atoms with Gasteiger partial charge >= 0.3 is 0 Å². The normalized spacial score (nSPS) is 17.6. The zero-order valence-corrected chi connectivity index (χ0v) is 19.0. The molecule has 1 aliphatic heterocycles. The smallest absolute Gasteiger partial charge is 0.248 e. The summed E-state index contributed by atoms with van der Waals surface area (Å²) in [5.74, 6) is 1.13. The van der Waals surface area contributed by atoms with Crippen molar-refractivity contribution in [2.24, 2.45) is 0 Å². The lowest BCUT2D eigenvalue weighted by Gasteiger charge is -2.31. The van der Waals surface area contributed by atoms with E-state index in [1.807, 2.05) is 38.1 Å². The van der Waals surface area contributed by atoms with Gasteiger partial charge in [0.15, 0.2) is 5.76 Å². The average Bonchev–Trinajstić information content (AvgIpc) is 3.08. The zero-order valence-electron chi connectivity index (χ0n) is 18.2.